The van der Waals surface area contributed by atoms with E-state index in [1.807, 2.05) is 20.8 Å². The van der Waals surface area contributed by atoms with Gasteiger partial charge in [-0.15, -0.1) is 11.3 Å². The zero-order chi connectivity index (χ0) is 11.6. The highest BCUT2D eigenvalue weighted by molar-refractivity contribution is 9.11. The van der Waals surface area contributed by atoms with Gasteiger partial charge in [-0.25, -0.2) is 9.78 Å². The Morgan fingerprint density at radius 3 is 2.60 bits per heavy atom. The van der Waals surface area contributed by atoms with Crippen molar-refractivity contribution in [3.05, 3.63) is 14.5 Å². The molecule has 0 unspecified atom stereocenters. The largest absolute Gasteiger partial charge is 0.455 e. The maximum Gasteiger partial charge on any atom is 0.359 e. The summed E-state index contributed by atoms with van der Waals surface area (Å²) in [5, 5.41) is 0.711. The van der Waals surface area contributed by atoms with E-state index in [0.717, 1.165) is 0 Å². The monoisotopic (exact) mass is 292 g/mol. The number of esters is 1. The van der Waals surface area contributed by atoms with Gasteiger partial charge in [-0.1, -0.05) is 0 Å². The molecule has 0 bridgehead atoms. The summed E-state index contributed by atoms with van der Waals surface area (Å²) in [6, 6.07) is 0. The van der Waals surface area contributed by atoms with Gasteiger partial charge in [0.25, 0.3) is 0 Å². The molecule has 1 aromatic heterocycles. The van der Waals surface area contributed by atoms with E-state index in [4.69, 9.17) is 10.5 Å². The number of carbonyl (C=O) groups excluding carboxylic acids is 1. The summed E-state index contributed by atoms with van der Waals surface area (Å²) in [6.07, 6.45) is 0. The standard InChI is InChI=1S/C9H13BrN2O2S/c1-9(2,3)14-8(13)6-7(10)15-5(4-11)12-6/h4,11H2,1-3H3. The molecule has 0 spiro atoms. The van der Waals surface area contributed by atoms with Crippen molar-refractivity contribution >= 4 is 33.2 Å². The molecule has 4 nitrogen and oxygen atoms in total. The second kappa shape index (κ2) is 4.59. The smallest absolute Gasteiger partial charge is 0.359 e. The molecule has 0 aliphatic carbocycles. The van der Waals surface area contributed by atoms with Crippen molar-refractivity contribution in [1.29, 1.82) is 0 Å². The van der Waals surface area contributed by atoms with Crippen LogP contribution in [0.2, 0.25) is 0 Å². The summed E-state index contributed by atoms with van der Waals surface area (Å²) >= 11 is 4.61. The number of thiazole rings is 1. The minimum absolute atomic E-state index is 0.301. The number of nitrogens with zero attached hydrogens (tertiary/aromatic N) is 1. The Labute approximate surface area is 101 Å². The summed E-state index contributed by atoms with van der Waals surface area (Å²) < 4.78 is 5.86. The number of halogens is 1. The molecule has 2 N–H and O–H groups in total. The van der Waals surface area contributed by atoms with E-state index in [9.17, 15) is 4.79 Å². The lowest BCUT2D eigenvalue weighted by Crippen LogP contribution is -2.24. The van der Waals surface area contributed by atoms with Crippen LogP contribution in [0.4, 0.5) is 0 Å². The molecule has 0 atom stereocenters. The Hall–Kier alpha value is -0.460. The molecule has 84 valence electrons. The average molecular weight is 293 g/mol. The third kappa shape index (κ3) is 3.55. The molecule has 0 amide bonds. The molecule has 0 radical (unpaired) electrons. The van der Waals surface area contributed by atoms with Gasteiger partial charge in [0.1, 0.15) is 14.4 Å². The molecule has 0 aliphatic rings. The lowest BCUT2D eigenvalue weighted by atomic mass is 10.2. The van der Waals surface area contributed by atoms with Crippen LogP contribution < -0.4 is 5.73 Å². The highest BCUT2D eigenvalue weighted by atomic mass is 79.9. The van der Waals surface area contributed by atoms with Gasteiger partial charge in [-0.3, -0.25) is 0 Å². The van der Waals surface area contributed by atoms with Crippen molar-refractivity contribution in [3.63, 3.8) is 0 Å². The van der Waals surface area contributed by atoms with Crippen molar-refractivity contribution in [1.82, 2.24) is 4.98 Å². The Kier molecular flexibility index (Phi) is 3.86. The van der Waals surface area contributed by atoms with E-state index < -0.39 is 11.6 Å². The summed E-state index contributed by atoms with van der Waals surface area (Å²) in [4.78, 5) is 15.7. The van der Waals surface area contributed by atoms with Crippen LogP contribution in [0.3, 0.4) is 0 Å². The van der Waals surface area contributed by atoms with Crippen LogP contribution in [0.25, 0.3) is 0 Å². The van der Waals surface area contributed by atoms with E-state index in [2.05, 4.69) is 20.9 Å². The molecule has 15 heavy (non-hydrogen) atoms. The quantitative estimate of drug-likeness (QED) is 0.850. The van der Waals surface area contributed by atoms with Gasteiger partial charge in [-0.05, 0) is 36.7 Å². The SMILES string of the molecule is CC(C)(C)OC(=O)c1nc(CN)sc1Br. The topological polar surface area (TPSA) is 65.2 Å². The highest BCUT2D eigenvalue weighted by Gasteiger charge is 2.22. The van der Waals surface area contributed by atoms with E-state index in [1.54, 1.807) is 0 Å². The van der Waals surface area contributed by atoms with E-state index >= 15 is 0 Å². The van der Waals surface area contributed by atoms with Crippen molar-refractivity contribution in [2.24, 2.45) is 5.73 Å². The summed E-state index contributed by atoms with van der Waals surface area (Å²) in [5.41, 5.74) is 5.22. The third-order valence-corrected chi connectivity index (χ3v) is 3.12. The molecule has 0 saturated heterocycles. The molecule has 0 aromatic carbocycles. The van der Waals surface area contributed by atoms with Crippen LogP contribution in [0, 0.1) is 0 Å². The Morgan fingerprint density at radius 2 is 2.20 bits per heavy atom. The molecule has 1 heterocycles. The summed E-state index contributed by atoms with van der Waals surface area (Å²) in [5.74, 6) is -0.426. The van der Waals surface area contributed by atoms with Crippen LogP contribution in [0.1, 0.15) is 36.3 Å². The van der Waals surface area contributed by atoms with Crippen LogP contribution in [0.15, 0.2) is 3.79 Å². The van der Waals surface area contributed by atoms with Crippen LogP contribution in [0.5, 0.6) is 0 Å². The molecule has 0 fully saturated rings. The zero-order valence-electron chi connectivity index (χ0n) is 8.83. The molecule has 1 aromatic rings. The van der Waals surface area contributed by atoms with E-state index in [1.165, 1.54) is 11.3 Å². The van der Waals surface area contributed by atoms with Gasteiger partial charge in [0.05, 0.1) is 0 Å². The van der Waals surface area contributed by atoms with Crippen molar-refractivity contribution in [2.45, 2.75) is 32.9 Å². The number of hydrogen-bond acceptors (Lipinski definition) is 5. The number of carbonyl (C=O) groups is 1. The zero-order valence-corrected chi connectivity index (χ0v) is 11.2. The number of nitrogens with two attached hydrogens (primary N) is 1. The molecule has 6 heteroatoms. The normalized spacial score (nSPS) is 11.5. The number of aromatic nitrogens is 1. The molecular weight excluding hydrogens is 280 g/mol. The summed E-state index contributed by atoms with van der Waals surface area (Å²) in [6.45, 7) is 5.77. The first kappa shape index (κ1) is 12.6. The predicted octanol–water partition coefficient (Wildman–Crippen LogP) is 2.32. The van der Waals surface area contributed by atoms with Crippen molar-refractivity contribution in [2.75, 3.05) is 0 Å². The maximum absolute atomic E-state index is 11.7. The van der Waals surface area contributed by atoms with Crippen LogP contribution in [-0.2, 0) is 11.3 Å². The fourth-order valence-electron chi connectivity index (χ4n) is 0.883. The Bertz CT molecular complexity index is 371. The molecule has 1 rings (SSSR count). The predicted molar refractivity (Wildman–Crippen MR) is 62.9 cm³/mol. The molecular formula is C9H13BrN2O2S. The van der Waals surface area contributed by atoms with Crippen LogP contribution >= 0.6 is 27.3 Å². The van der Waals surface area contributed by atoms with Crippen LogP contribution in [-0.4, -0.2) is 16.6 Å². The minimum Gasteiger partial charge on any atom is -0.455 e. The highest BCUT2D eigenvalue weighted by Crippen LogP contribution is 2.26. The van der Waals surface area contributed by atoms with Gasteiger partial charge in [-0.2, -0.15) is 0 Å². The average Bonchev–Trinajstić information content (AvgIpc) is 2.43. The second-order valence-corrected chi connectivity index (χ2v) is 6.34. The van der Waals surface area contributed by atoms with Gasteiger partial charge in [0.2, 0.25) is 0 Å². The first-order chi connectivity index (χ1) is 6.83. The molecule has 0 saturated carbocycles. The lowest BCUT2D eigenvalue weighted by Gasteiger charge is -2.18. The number of hydrogen-bond donors (Lipinski definition) is 1. The van der Waals surface area contributed by atoms with Crippen molar-refractivity contribution in [3.8, 4) is 0 Å². The van der Waals surface area contributed by atoms with Gasteiger partial charge >= 0.3 is 5.97 Å². The first-order valence-electron chi connectivity index (χ1n) is 4.42. The third-order valence-electron chi connectivity index (χ3n) is 1.40. The van der Waals surface area contributed by atoms with Crippen molar-refractivity contribution < 1.29 is 9.53 Å². The Morgan fingerprint density at radius 1 is 1.60 bits per heavy atom. The fourth-order valence-corrected chi connectivity index (χ4v) is 2.35. The maximum atomic E-state index is 11.7. The number of ether oxygens (including phenoxy) is 1. The lowest BCUT2D eigenvalue weighted by molar-refractivity contribution is 0.00625. The second-order valence-electron chi connectivity index (χ2n) is 3.94. The first-order valence-corrected chi connectivity index (χ1v) is 6.03. The molecule has 0 aliphatic heterocycles. The summed E-state index contributed by atoms with van der Waals surface area (Å²) in [7, 11) is 0. The fraction of sp³-hybridized carbons (Fsp3) is 0.556. The minimum atomic E-state index is -0.511. The Balaban J connectivity index is 2.87. The number of rotatable bonds is 2. The van der Waals surface area contributed by atoms with Gasteiger partial charge < -0.3 is 10.5 Å². The van der Waals surface area contributed by atoms with E-state index in [-0.39, 0.29) is 0 Å². The van der Waals surface area contributed by atoms with Gasteiger partial charge in [0.15, 0.2) is 5.69 Å². The van der Waals surface area contributed by atoms with E-state index in [0.29, 0.717) is 21.0 Å². The van der Waals surface area contributed by atoms with Gasteiger partial charge in [0, 0.05) is 6.54 Å².